The van der Waals surface area contributed by atoms with Crippen LogP contribution in [0.25, 0.3) is 0 Å². The van der Waals surface area contributed by atoms with Gasteiger partial charge in [-0.15, -0.1) is 0 Å². The first-order chi connectivity index (χ1) is 12.0. The summed E-state index contributed by atoms with van der Waals surface area (Å²) in [7, 11) is 1.47. The van der Waals surface area contributed by atoms with Crippen molar-refractivity contribution in [3.05, 3.63) is 87.0 Å². The van der Waals surface area contributed by atoms with Gasteiger partial charge in [0.2, 0.25) is 0 Å². The predicted octanol–water partition coefficient (Wildman–Crippen LogP) is 0.441. The van der Waals surface area contributed by atoms with E-state index in [2.05, 4.69) is 15.4 Å². The fraction of sp³-hybridized carbons (Fsp3) is 0.176. The average Bonchev–Trinajstić information content (AvgIpc) is 3.11. The van der Waals surface area contributed by atoms with E-state index in [0.717, 1.165) is 10.1 Å². The summed E-state index contributed by atoms with van der Waals surface area (Å²) >= 11 is 0. The van der Waals surface area contributed by atoms with Gasteiger partial charge < -0.3 is 9.88 Å². The number of H-pyrrole nitrogens is 1. The maximum atomic E-state index is 12.6. The zero-order valence-corrected chi connectivity index (χ0v) is 13.5. The molecule has 1 aromatic carbocycles. The van der Waals surface area contributed by atoms with Crippen LogP contribution in [0.4, 0.5) is 0 Å². The number of aryl methyl sites for hydroxylation is 1. The lowest BCUT2D eigenvalue weighted by Crippen LogP contribution is -2.38. The Hall–Kier alpha value is -3.42. The quantitative estimate of drug-likeness (QED) is 0.704. The summed E-state index contributed by atoms with van der Waals surface area (Å²) in [5.74, 6) is -0.558. The number of amides is 1. The number of aromatic amines is 1. The van der Waals surface area contributed by atoms with E-state index >= 15 is 0 Å². The summed E-state index contributed by atoms with van der Waals surface area (Å²) in [4.78, 5) is 38.0. The minimum Gasteiger partial charge on any atom is -0.343 e. The average molecular weight is 339 g/mol. The minimum absolute atomic E-state index is 0.122. The van der Waals surface area contributed by atoms with Crippen LogP contribution in [0.1, 0.15) is 22.0 Å². The van der Waals surface area contributed by atoms with E-state index in [1.54, 1.807) is 23.1 Å². The molecule has 0 bridgehead atoms. The highest BCUT2D eigenvalue weighted by atomic mass is 16.2. The highest BCUT2D eigenvalue weighted by Crippen LogP contribution is 2.15. The lowest BCUT2D eigenvalue weighted by molar-refractivity contribution is 0.0929. The summed E-state index contributed by atoms with van der Waals surface area (Å²) in [5, 5.41) is 7.00. The Morgan fingerprint density at radius 3 is 2.68 bits per heavy atom. The van der Waals surface area contributed by atoms with Crippen LogP contribution >= 0.6 is 0 Å². The molecule has 8 nitrogen and oxygen atoms in total. The summed E-state index contributed by atoms with van der Waals surface area (Å²) in [6.45, 7) is 0.409. The number of carbonyl (C=O) groups is 1. The van der Waals surface area contributed by atoms with Gasteiger partial charge in [0.1, 0.15) is 5.56 Å². The molecule has 25 heavy (non-hydrogen) atoms. The Bertz CT molecular complexity index is 974. The van der Waals surface area contributed by atoms with Crippen LogP contribution in [0.15, 0.2) is 64.6 Å². The molecule has 0 saturated carbocycles. The van der Waals surface area contributed by atoms with Crippen molar-refractivity contribution in [3.8, 4) is 0 Å². The van der Waals surface area contributed by atoms with E-state index in [1.165, 1.54) is 13.2 Å². The smallest absolute Gasteiger partial charge is 0.328 e. The Kier molecular flexibility index (Phi) is 4.60. The highest BCUT2D eigenvalue weighted by molar-refractivity contribution is 5.93. The topological polar surface area (TPSA) is 102 Å². The zero-order chi connectivity index (χ0) is 17.8. The van der Waals surface area contributed by atoms with Crippen LogP contribution in [0.5, 0.6) is 0 Å². The molecule has 0 aliphatic rings. The fourth-order valence-corrected chi connectivity index (χ4v) is 2.48. The minimum atomic E-state index is -0.716. The van der Waals surface area contributed by atoms with Gasteiger partial charge >= 0.3 is 5.69 Å². The number of nitrogens with zero attached hydrogens (tertiary/aromatic N) is 3. The highest BCUT2D eigenvalue weighted by Gasteiger charge is 2.19. The van der Waals surface area contributed by atoms with Crippen LogP contribution in [0.2, 0.25) is 0 Å². The molecule has 2 heterocycles. The maximum absolute atomic E-state index is 12.6. The van der Waals surface area contributed by atoms with Gasteiger partial charge in [-0.25, -0.2) is 4.79 Å². The third-order valence-corrected chi connectivity index (χ3v) is 3.79. The van der Waals surface area contributed by atoms with Crippen molar-refractivity contribution in [2.75, 3.05) is 0 Å². The van der Waals surface area contributed by atoms with Crippen molar-refractivity contribution in [3.63, 3.8) is 0 Å². The maximum Gasteiger partial charge on any atom is 0.328 e. The van der Waals surface area contributed by atoms with Gasteiger partial charge in [0.25, 0.3) is 11.5 Å². The van der Waals surface area contributed by atoms with Crippen LogP contribution in [-0.2, 0) is 13.6 Å². The molecule has 1 amide bonds. The number of hydrogen-bond acceptors (Lipinski definition) is 4. The van der Waals surface area contributed by atoms with Gasteiger partial charge in [0.05, 0.1) is 12.6 Å². The van der Waals surface area contributed by atoms with Crippen molar-refractivity contribution in [2.45, 2.75) is 12.6 Å². The Morgan fingerprint density at radius 1 is 1.24 bits per heavy atom. The molecule has 0 aliphatic carbocycles. The first kappa shape index (κ1) is 16.4. The van der Waals surface area contributed by atoms with Gasteiger partial charge in [0, 0.05) is 25.6 Å². The molecular formula is C17H17N5O3. The summed E-state index contributed by atoms with van der Waals surface area (Å²) in [6, 6.07) is 10.8. The molecule has 3 aromatic rings. The van der Waals surface area contributed by atoms with Crippen molar-refractivity contribution >= 4 is 5.91 Å². The number of carbonyl (C=O) groups excluding carboxylic acids is 1. The number of aromatic nitrogens is 4. The molecule has 0 fully saturated rings. The second-order valence-electron chi connectivity index (χ2n) is 5.58. The van der Waals surface area contributed by atoms with E-state index in [0.29, 0.717) is 6.54 Å². The van der Waals surface area contributed by atoms with Gasteiger partial charge in [-0.1, -0.05) is 30.3 Å². The largest absolute Gasteiger partial charge is 0.343 e. The van der Waals surface area contributed by atoms with Gasteiger partial charge in [0.15, 0.2) is 0 Å². The second kappa shape index (κ2) is 7.00. The molecule has 2 aromatic heterocycles. The Morgan fingerprint density at radius 2 is 2.00 bits per heavy atom. The molecular weight excluding hydrogens is 322 g/mol. The second-order valence-corrected chi connectivity index (χ2v) is 5.58. The molecule has 8 heteroatoms. The van der Waals surface area contributed by atoms with Crippen LogP contribution in [0.3, 0.4) is 0 Å². The summed E-state index contributed by atoms with van der Waals surface area (Å²) in [6.07, 6.45) is 4.68. The van der Waals surface area contributed by atoms with Crippen molar-refractivity contribution in [1.82, 2.24) is 24.6 Å². The molecule has 0 aliphatic heterocycles. The lowest BCUT2D eigenvalue weighted by Gasteiger charge is -2.19. The third-order valence-electron chi connectivity index (χ3n) is 3.79. The van der Waals surface area contributed by atoms with E-state index < -0.39 is 17.2 Å². The summed E-state index contributed by atoms with van der Waals surface area (Å²) in [5.41, 5.74) is -0.528. The van der Waals surface area contributed by atoms with E-state index in [9.17, 15) is 14.4 Å². The summed E-state index contributed by atoms with van der Waals surface area (Å²) < 4.78 is 2.85. The predicted molar refractivity (Wildman–Crippen MR) is 91.2 cm³/mol. The van der Waals surface area contributed by atoms with Crippen LogP contribution < -0.4 is 16.6 Å². The van der Waals surface area contributed by atoms with Gasteiger partial charge in [-0.3, -0.25) is 19.3 Å². The molecule has 0 saturated heterocycles. The first-order valence-electron chi connectivity index (χ1n) is 7.68. The standard InChI is InChI=1S/C17H17N5O3/c1-21-10-13(16(24)20-17(21)25)15(23)19-14(11-22-9-5-8-18-22)12-6-3-2-4-7-12/h2-10,14H,11H2,1H3,(H,19,23)(H,20,24,25). The fourth-order valence-electron chi connectivity index (χ4n) is 2.48. The third kappa shape index (κ3) is 3.74. The van der Waals surface area contributed by atoms with Crippen molar-refractivity contribution in [2.24, 2.45) is 7.05 Å². The normalized spacial score (nSPS) is 11.9. The van der Waals surface area contributed by atoms with Gasteiger partial charge in [-0.05, 0) is 11.6 Å². The van der Waals surface area contributed by atoms with Crippen LogP contribution in [-0.4, -0.2) is 25.2 Å². The molecule has 128 valence electrons. The van der Waals surface area contributed by atoms with Crippen molar-refractivity contribution in [1.29, 1.82) is 0 Å². The van der Waals surface area contributed by atoms with Crippen LogP contribution in [0, 0.1) is 0 Å². The van der Waals surface area contributed by atoms with E-state index in [4.69, 9.17) is 0 Å². The molecule has 0 radical (unpaired) electrons. The SMILES string of the molecule is Cn1cc(C(=O)NC(Cn2cccn2)c2ccccc2)c(=O)[nH]c1=O. The van der Waals surface area contributed by atoms with Gasteiger partial charge in [-0.2, -0.15) is 5.10 Å². The number of hydrogen-bond donors (Lipinski definition) is 2. The molecule has 0 spiro atoms. The molecule has 3 rings (SSSR count). The molecule has 1 unspecified atom stereocenters. The lowest BCUT2D eigenvalue weighted by atomic mass is 10.1. The monoisotopic (exact) mass is 339 g/mol. The number of nitrogens with one attached hydrogen (secondary N) is 2. The Balaban J connectivity index is 1.90. The molecule has 2 N–H and O–H groups in total. The Labute approximate surface area is 142 Å². The first-order valence-corrected chi connectivity index (χ1v) is 7.68. The molecule has 1 atom stereocenters. The van der Waals surface area contributed by atoms with E-state index in [-0.39, 0.29) is 11.6 Å². The van der Waals surface area contributed by atoms with E-state index in [1.807, 2.05) is 30.3 Å². The zero-order valence-electron chi connectivity index (χ0n) is 13.5. The number of benzene rings is 1. The van der Waals surface area contributed by atoms with Crippen molar-refractivity contribution < 1.29 is 4.79 Å². The number of rotatable bonds is 5.